The van der Waals surface area contributed by atoms with Gasteiger partial charge in [0.2, 0.25) is 11.8 Å². The van der Waals surface area contributed by atoms with E-state index in [4.69, 9.17) is 27.9 Å². The van der Waals surface area contributed by atoms with Crippen molar-refractivity contribution < 1.29 is 22.7 Å². The molecular weight excluding hydrogens is 585 g/mol. The number of sulfonamides is 1. The van der Waals surface area contributed by atoms with Crippen LogP contribution in [0.4, 0.5) is 5.69 Å². The zero-order valence-electron chi connectivity index (χ0n) is 23.6. The number of amides is 2. The Morgan fingerprint density at radius 1 is 0.976 bits per heavy atom. The van der Waals surface area contributed by atoms with Crippen molar-refractivity contribution in [1.82, 2.24) is 10.2 Å². The number of aryl methyl sites for hydroxylation is 1. The molecule has 220 valence electrons. The number of nitrogens with one attached hydrogen (secondary N) is 1. The molecule has 11 heteroatoms. The number of hydrogen-bond donors (Lipinski definition) is 1. The highest BCUT2D eigenvalue weighted by Gasteiger charge is 2.34. The Hall–Kier alpha value is -3.27. The van der Waals surface area contributed by atoms with Crippen LogP contribution < -0.4 is 14.4 Å². The van der Waals surface area contributed by atoms with Crippen molar-refractivity contribution in [1.29, 1.82) is 0 Å². The number of carbonyl (C=O) groups excluding carboxylic acids is 2. The number of nitrogens with zero attached hydrogens (tertiary/aromatic N) is 2. The molecule has 0 bridgehead atoms. The zero-order chi connectivity index (χ0) is 30.2. The number of hydrogen-bond acceptors (Lipinski definition) is 5. The Labute approximate surface area is 252 Å². The molecule has 0 heterocycles. The molecule has 2 amide bonds. The van der Waals surface area contributed by atoms with Crippen LogP contribution in [0.3, 0.4) is 0 Å². The Morgan fingerprint density at radius 2 is 1.63 bits per heavy atom. The van der Waals surface area contributed by atoms with E-state index >= 15 is 0 Å². The highest BCUT2D eigenvalue weighted by molar-refractivity contribution is 7.92. The minimum absolute atomic E-state index is 0.00768. The number of carbonyl (C=O) groups is 2. The Bertz CT molecular complexity index is 1450. The summed E-state index contributed by atoms with van der Waals surface area (Å²) in [5.74, 6) is -0.392. The summed E-state index contributed by atoms with van der Waals surface area (Å²) in [6, 6.07) is 16.8. The standard InChI is InChI=1S/C30H35Cl2N3O5S/c1-5-17-33-30(37)28(6-2)34(19-22-9-10-23(31)18-27(22)32)29(36)20-35(24-11-7-21(3)8-12-24)41(38,39)26-15-13-25(40-4)14-16-26/h7-16,18,28H,5-6,17,19-20H2,1-4H3,(H,33,37). The fourth-order valence-corrected chi connectivity index (χ4v) is 6.12. The van der Waals surface area contributed by atoms with Gasteiger partial charge in [-0.15, -0.1) is 0 Å². The Balaban J connectivity index is 2.07. The molecule has 0 aliphatic heterocycles. The van der Waals surface area contributed by atoms with E-state index < -0.39 is 28.5 Å². The number of benzene rings is 3. The van der Waals surface area contributed by atoms with Crippen LogP contribution in [-0.2, 0) is 26.2 Å². The first-order valence-electron chi connectivity index (χ1n) is 13.3. The van der Waals surface area contributed by atoms with Crippen molar-refractivity contribution in [2.75, 3.05) is 24.5 Å². The third-order valence-electron chi connectivity index (χ3n) is 6.54. The molecule has 0 aliphatic rings. The lowest BCUT2D eigenvalue weighted by molar-refractivity contribution is -0.140. The third kappa shape index (κ3) is 8.15. The lowest BCUT2D eigenvalue weighted by Crippen LogP contribution is -2.52. The fourth-order valence-electron chi connectivity index (χ4n) is 4.23. The first kappa shape index (κ1) is 32.2. The first-order valence-corrected chi connectivity index (χ1v) is 15.5. The van der Waals surface area contributed by atoms with Crippen molar-refractivity contribution in [2.24, 2.45) is 0 Å². The average molecular weight is 621 g/mol. The van der Waals surface area contributed by atoms with Gasteiger partial charge in [0, 0.05) is 23.1 Å². The molecule has 1 atom stereocenters. The monoisotopic (exact) mass is 619 g/mol. The first-order chi connectivity index (χ1) is 19.5. The summed E-state index contributed by atoms with van der Waals surface area (Å²) in [6.45, 7) is 5.50. The molecule has 0 radical (unpaired) electrons. The van der Waals surface area contributed by atoms with Crippen LogP contribution in [-0.4, -0.2) is 51.4 Å². The van der Waals surface area contributed by atoms with E-state index in [1.165, 1.54) is 24.1 Å². The minimum Gasteiger partial charge on any atom is -0.497 e. The molecule has 0 spiro atoms. The predicted octanol–water partition coefficient (Wildman–Crippen LogP) is 5.84. The van der Waals surface area contributed by atoms with E-state index in [1.54, 1.807) is 61.5 Å². The van der Waals surface area contributed by atoms with Gasteiger partial charge in [-0.2, -0.15) is 0 Å². The van der Waals surface area contributed by atoms with Gasteiger partial charge in [-0.05, 0) is 73.9 Å². The van der Waals surface area contributed by atoms with Crippen LogP contribution in [0.5, 0.6) is 5.75 Å². The van der Waals surface area contributed by atoms with E-state index in [1.807, 2.05) is 13.8 Å². The summed E-state index contributed by atoms with van der Waals surface area (Å²) in [5.41, 5.74) is 1.82. The van der Waals surface area contributed by atoms with Gasteiger partial charge in [0.25, 0.3) is 10.0 Å². The number of halogens is 2. The highest BCUT2D eigenvalue weighted by atomic mass is 35.5. The summed E-state index contributed by atoms with van der Waals surface area (Å²) in [5, 5.41) is 3.62. The van der Waals surface area contributed by atoms with E-state index in [-0.39, 0.29) is 17.3 Å². The molecular formula is C30H35Cl2N3O5S. The third-order valence-corrected chi connectivity index (χ3v) is 8.91. The molecule has 0 saturated heterocycles. The van der Waals surface area contributed by atoms with Gasteiger partial charge in [0.1, 0.15) is 18.3 Å². The number of anilines is 1. The zero-order valence-corrected chi connectivity index (χ0v) is 25.9. The van der Waals surface area contributed by atoms with Crippen molar-refractivity contribution in [3.8, 4) is 5.75 Å². The number of ether oxygens (including phenoxy) is 1. The lowest BCUT2D eigenvalue weighted by atomic mass is 10.1. The van der Waals surface area contributed by atoms with Gasteiger partial charge in [-0.25, -0.2) is 8.42 Å². The maximum atomic E-state index is 14.1. The number of rotatable bonds is 13. The maximum Gasteiger partial charge on any atom is 0.264 e. The topological polar surface area (TPSA) is 96.0 Å². The SMILES string of the molecule is CCCNC(=O)C(CC)N(Cc1ccc(Cl)cc1Cl)C(=O)CN(c1ccc(C)cc1)S(=O)(=O)c1ccc(OC)cc1. The van der Waals surface area contributed by atoms with Crippen LogP contribution in [0.25, 0.3) is 0 Å². The van der Waals surface area contributed by atoms with Gasteiger partial charge in [-0.1, -0.05) is 60.8 Å². The van der Waals surface area contributed by atoms with Gasteiger partial charge < -0.3 is 15.0 Å². The Kier molecular flexibility index (Phi) is 11.5. The summed E-state index contributed by atoms with van der Waals surface area (Å²) in [6.07, 6.45) is 1.03. The molecule has 3 aromatic carbocycles. The van der Waals surface area contributed by atoms with Crippen molar-refractivity contribution in [3.05, 3.63) is 87.9 Å². The van der Waals surface area contributed by atoms with Gasteiger partial charge in [-0.3, -0.25) is 13.9 Å². The summed E-state index contributed by atoms with van der Waals surface area (Å²) in [7, 11) is -2.70. The van der Waals surface area contributed by atoms with Crippen molar-refractivity contribution in [2.45, 2.75) is 51.1 Å². The van der Waals surface area contributed by atoms with Crippen LogP contribution in [0.15, 0.2) is 71.6 Å². The Morgan fingerprint density at radius 3 is 2.20 bits per heavy atom. The van der Waals surface area contributed by atoms with E-state index in [9.17, 15) is 18.0 Å². The molecule has 8 nitrogen and oxygen atoms in total. The highest BCUT2D eigenvalue weighted by Crippen LogP contribution is 2.28. The van der Waals surface area contributed by atoms with Crippen LogP contribution in [0.2, 0.25) is 10.0 Å². The molecule has 1 unspecified atom stereocenters. The van der Waals surface area contributed by atoms with Crippen molar-refractivity contribution in [3.63, 3.8) is 0 Å². The second-order valence-corrected chi connectivity index (χ2v) is 12.2. The minimum atomic E-state index is -4.19. The maximum absolute atomic E-state index is 14.1. The molecule has 0 aromatic heterocycles. The summed E-state index contributed by atoms with van der Waals surface area (Å²) < 4.78 is 34.1. The largest absolute Gasteiger partial charge is 0.497 e. The van der Waals surface area contributed by atoms with Gasteiger partial charge >= 0.3 is 0 Å². The smallest absolute Gasteiger partial charge is 0.264 e. The quantitative estimate of drug-likeness (QED) is 0.259. The second kappa shape index (κ2) is 14.6. The van der Waals surface area contributed by atoms with Crippen LogP contribution >= 0.6 is 23.2 Å². The second-order valence-electron chi connectivity index (χ2n) is 9.50. The molecule has 0 saturated carbocycles. The van der Waals surface area contributed by atoms with E-state index in [2.05, 4.69) is 5.32 Å². The molecule has 3 rings (SSSR count). The molecule has 41 heavy (non-hydrogen) atoms. The number of methoxy groups -OCH3 is 1. The van der Waals surface area contributed by atoms with Crippen LogP contribution in [0, 0.1) is 6.92 Å². The summed E-state index contributed by atoms with van der Waals surface area (Å²) in [4.78, 5) is 28.6. The normalized spacial score (nSPS) is 12.0. The predicted molar refractivity (Wildman–Crippen MR) is 163 cm³/mol. The molecule has 0 aliphatic carbocycles. The summed E-state index contributed by atoms with van der Waals surface area (Å²) >= 11 is 12.5. The average Bonchev–Trinajstić information content (AvgIpc) is 2.96. The molecule has 1 N–H and O–H groups in total. The van der Waals surface area contributed by atoms with Crippen molar-refractivity contribution >= 4 is 50.7 Å². The lowest BCUT2D eigenvalue weighted by Gasteiger charge is -2.33. The van der Waals surface area contributed by atoms with Crippen LogP contribution in [0.1, 0.15) is 37.8 Å². The molecule has 0 fully saturated rings. The van der Waals surface area contributed by atoms with Gasteiger partial charge in [0.15, 0.2) is 0 Å². The fraction of sp³-hybridized carbons (Fsp3) is 0.333. The van der Waals surface area contributed by atoms with Gasteiger partial charge in [0.05, 0.1) is 17.7 Å². The van der Waals surface area contributed by atoms with E-state index in [0.29, 0.717) is 40.0 Å². The van der Waals surface area contributed by atoms with E-state index in [0.717, 1.165) is 16.3 Å². The molecule has 3 aromatic rings.